The summed E-state index contributed by atoms with van der Waals surface area (Å²) in [5.74, 6) is 0. The van der Waals surface area contributed by atoms with Gasteiger partial charge in [0.15, 0.2) is 0 Å². The van der Waals surface area contributed by atoms with E-state index in [1.807, 2.05) is 22.6 Å². The molecular formula is C7H4Br2F2IN. The third-order valence-electron chi connectivity index (χ3n) is 1.41. The number of nitrogens with zero attached hydrogens (tertiary/aromatic N) is 1. The first-order valence-corrected chi connectivity index (χ1v) is 6.24. The van der Waals surface area contributed by atoms with Crippen LogP contribution in [0.3, 0.4) is 0 Å². The zero-order valence-corrected chi connectivity index (χ0v) is 11.5. The molecule has 1 heterocycles. The van der Waals surface area contributed by atoms with Crippen molar-refractivity contribution >= 4 is 54.5 Å². The highest BCUT2D eigenvalue weighted by Gasteiger charge is 2.17. The molecule has 1 aromatic rings. The smallest absolute Gasteiger partial charge is 0.254 e. The molecule has 0 unspecified atom stereocenters. The van der Waals surface area contributed by atoms with Crippen LogP contribution in [0.25, 0.3) is 0 Å². The monoisotopic (exact) mass is 425 g/mol. The van der Waals surface area contributed by atoms with Crippen molar-refractivity contribution in [1.29, 1.82) is 0 Å². The average Bonchev–Trinajstić information content (AvgIpc) is 2.09. The molecule has 0 bridgehead atoms. The van der Waals surface area contributed by atoms with Gasteiger partial charge in [-0.25, -0.2) is 8.78 Å². The van der Waals surface area contributed by atoms with Crippen molar-refractivity contribution in [3.8, 4) is 0 Å². The predicted octanol–water partition coefficient (Wildman–Crippen LogP) is 4.28. The lowest BCUT2D eigenvalue weighted by molar-refractivity contribution is 0.145. The first kappa shape index (κ1) is 11.8. The second-order valence-electron chi connectivity index (χ2n) is 2.23. The van der Waals surface area contributed by atoms with Gasteiger partial charge in [-0.05, 0) is 44.1 Å². The van der Waals surface area contributed by atoms with Crippen LogP contribution in [-0.4, -0.2) is 4.98 Å². The number of halogens is 5. The van der Waals surface area contributed by atoms with E-state index in [1.54, 1.807) is 0 Å². The molecule has 0 aliphatic carbocycles. The van der Waals surface area contributed by atoms with Crippen molar-refractivity contribution in [2.75, 3.05) is 0 Å². The summed E-state index contributed by atoms with van der Waals surface area (Å²) in [6, 6.07) is 0. The van der Waals surface area contributed by atoms with Crippen molar-refractivity contribution < 1.29 is 8.78 Å². The molecule has 1 nitrogen and oxygen atoms in total. The quantitative estimate of drug-likeness (QED) is 0.508. The van der Waals surface area contributed by atoms with E-state index >= 15 is 0 Å². The molecule has 13 heavy (non-hydrogen) atoms. The van der Waals surface area contributed by atoms with E-state index in [4.69, 9.17) is 0 Å². The summed E-state index contributed by atoms with van der Waals surface area (Å²) in [6.07, 6.45) is -1.07. The lowest BCUT2D eigenvalue weighted by Crippen LogP contribution is -1.98. The maximum absolute atomic E-state index is 12.3. The van der Waals surface area contributed by atoms with Crippen LogP contribution in [0, 0.1) is 3.57 Å². The van der Waals surface area contributed by atoms with Gasteiger partial charge in [0.05, 0.1) is 3.57 Å². The van der Waals surface area contributed by atoms with E-state index in [1.165, 1.54) is 6.20 Å². The molecule has 6 heteroatoms. The Morgan fingerprint density at radius 3 is 2.62 bits per heavy atom. The molecule has 1 rings (SSSR count). The Morgan fingerprint density at radius 1 is 1.54 bits per heavy atom. The summed E-state index contributed by atoms with van der Waals surface area (Å²) in [5, 5.41) is 0.597. The van der Waals surface area contributed by atoms with Gasteiger partial charge in [0.25, 0.3) is 6.43 Å². The standard InChI is InChI=1S/C7H4Br2F2IN/c8-1-3-2-13-6(7(10)11)5(12)4(3)9/h2,7H,1H2. The molecule has 0 fully saturated rings. The molecule has 0 radical (unpaired) electrons. The third-order valence-corrected chi connectivity index (χ3v) is 4.75. The van der Waals surface area contributed by atoms with Crippen LogP contribution in [0.4, 0.5) is 8.78 Å². The molecular weight excluding hydrogens is 423 g/mol. The van der Waals surface area contributed by atoms with Crippen LogP contribution < -0.4 is 0 Å². The molecule has 1 aromatic heterocycles. The SMILES string of the molecule is FC(F)c1ncc(CBr)c(Br)c1I. The van der Waals surface area contributed by atoms with Gasteiger partial charge in [0.1, 0.15) is 5.69 Å². The summed E-state index contributed by atoms with van der Waals surface area (Å²) >= 11 is 8.35. The van der Waals surface area contributed by atoms with Crippen molar-refractivity contribution in [1.82, 2.24) is 4.98 Å². The largest absolute Gasteiger partial charge is 0.281 e. The lowest BCUT2D eigenvalue weighted by Gasteiger charge is -2.07. The minimum Gasteiger partial charge on any atom is -0.254 e. The summed E-state index contributed by atoms with van der Waals surface area (Å²) in [4.78, 5) is 3.69. The van der Waals surface area contributed by atoms with Crippen LogP contribution in [-0.2, 0) is 5.33 Å². The van der Waals surface area contributed by atoms with Crippen molar-refractivity contribution in [3.05, 3.63) is 25.5 Å². The van der Waals surface area contributed by atoms with Gasteiger partial charge in [-0.15, -0.1) is 0 Å². The third kappa shape index (κ3) is 2.59. The Labute approximate surface area is 105 Å². The summed E-state index contributed by atoms with van der Waals surface area (Å²) in [5.41, 5.74) is 0.700. The van der Waals surface area contributed by atoms with Crippen molar-refractivity contribution in [2.24, 2.45) is 0 Å². The summed E-state index contributed by atoms with van der Waals surface area (Å²) in [6.45, 7) is 0. The number of alkyl halides is 3. The van der Waals surface area contributed by atoms with Gasteiger partial charge < -0.3 is 0 Å². The summed E-state index contributed by atoms with van der Waals surface area (Å²) in [7, 11) is 0. The Bertz CT molecular complexity index is 320. The molecule has 0 N–H and O–H groups in total. The van der Waals surface area contributed by atoms with Gasteiger partial charge >= 0.3 is 0 Å². The molecule has 0 saturated heterocycles. The predicted molar refractivity (Wildman–Crippen MR) is 62.2 cm³/mol. The van der Waals surface area contributed by atoms with E-state index in [-0.39, 0.29) is 5.69 Å². The number of hydrogen-bond acceptors (Lipinski definition) is 1. The normalized spacial score (nSPS) is 10.9. The van der Waals surface area contributed by atoms with E-state index < -0.39 is 6.43 Å². The molecule has 0 aliphatic rings. The van der Waals surface area contributed by atoms with Crippen molar-refractivity contribution in [2.45, 2.75) is 11.8 Å². The molecule has 0 atom stereocenters. The van der Waals surface area contributed by atoms with Crippen LogP contribution in [0.2, 0.25) is 0 Å². The minimum absolute atomic E-state index is 0.169. The molecule has 0 aliphatic heterocycles. The second kappa shape index (κ2) is 4.97. The first-order chi connectivity index (χ1) is 6.07. The van der Waals surface area contributed by atoms with Crippen molar-refractivity contribution in [3.63, 3.8) is 0 Å². The Balaban J connectivity index is 3.23. The fraction of sp³-hybridized carbons (Fsp3) is 0.286. The van der Waals surface area contributed by atoms with Gasteiger partial charge in [-0.2, -0.15) is 0 Å². The summed E-state index contributed by atoms with van der Waals surface area (Å²) < 4.78 is 25.9. The zero-order valence-electron chi connectivity index (χ0n) is 6.20. The average molecular weight is 427 g/mol. The van der Waals surface area contributed by atoms with Gasteiger partial charge in [0.2, 0.25) is 0 Å². The van der Waals surface area contributed by atoms with Crippen LogP contribution >= 0.6 is 54.5 Å². The number of rotatable bonds is 2. The van der Waals surface area contributed by atoms with Crippen LogP contribution in [0.15, 0.2) is 10.7 Å². The molecule has 72 valence electrons. The maximum Gasteiger partial charge on any atom is 0.281 e. The number of pyridine rings is 1. The minimum atomic E-state index is -2.52. The Kier molecular flexibility index (Phi) is 4.50. The van der Waals surface area contributed by atoms with Gasteiger partial charge in [-0.3, -0.25) is 4.98 Å². The van der Waals surface area contributed by atoms with E-state index in [0.29, 0.717) is 13.4 Å². The number of hydrogen-bond donors (Lipinski definition) is 0. The first-order valence-electron chi connectivity index (χ1n) is 3.24. The fourth-order valence-electron chi connectivity index (χ4n) is 0.760. The fourth-order valence-corrected chi connectivity index (χ4v) is 2.73. The van der Waals surface area contributed by atoms with Gasteiger partial charge in [-0.1, -0.05) is 15.9 Å². The Morgan fingerprint density at radius 2 is 2.15 bits per heavy atom. The van der Waals surface area contributed by atoms with E-state index in [0.717, 1.165) is 5.56 Å². The molecule has 0 aromatic carbocycles. The highest BCUT2D eigenvalue weighted by atomic mass is 127. The highest BCUT2D eigenvalue weighted by molar-refractivity contribution is 14.1. The lowest BCUT2D eigenvalue weighted by atomic mass is 10.3. The molecule has 0 saturated carbocycles. The van der Waals surface area contributed by atoms with E-state index in [9.17, 15) is 8.78 Å². The molecule has 0 amide bonds. The molecule has 0 spiro atoms. The second-order valence-corrected chi connectivity index (χ2v) is 4.66. The number of aromatic nitrogens is 1. The van der Waals surface area contributed by atoms with Crippen LogP contribution in [0.1, 0.15) is 17.7 Å². The topological polar surface area (TPSA) is 12.9 Å². The van der Waals surface area contributed by atoms with Crippen LogP contribution in [0.5, 0.6) is 0 Å². The highest BCUT2D eigenvalue weighted by Crippen LogP contribution is 2.31. The van der Waals surface area contributed by atoms with Gasteiger partial charge in [0, 0.05) is 16.0 Å². The zero-order chi connectivity index (χ0) is 10.0. The maximum atomic E-state index is 12.3. The Hall–Kier alpha value is 0.700. The van der Waals surface area contributed by atoms with E-state index in [2.05, 4.69) is 36.8 Å².